The van der Waals surface area contributed by atoms with E-state index in [4.69, 9.17) is 0 Å². The standard InChI is InChI=1S/C12H14BrN3O3/c13-11-9(4-1-5-10(11)16(18)19)12(17)15-8-3-2-6-14-7-8/h1,4-5,8,14H,2-3,6-7H2,(H,15,17). The molecule has 2 N–H and O–H groups in total. The van der Waals surface area contributed by atoms with Crippen LogP contribution in [0.3, 0.4) is 0 Å². The van der Waals surface area contributed by atoms with Crippen molar-refractivity contribution in [3.05, 3.63) is 38.3 Å². The van der Waals surface area contributed by atoms with Crippen molar-refractivity contribution in [2.75, 3.05) is 13.1 Å². The molecular weight excluding hydrogens is 314 g/mol. The molecule has 1 aliphatic heterocycles. The second kappa shape index (κ2) is 6.12. The van der Waals surface area contributed by atoms with Gasteiger partial charge in [0.2, 0.25) is 0 Å². The lowest BCUT2D eigenvalue weighted by atomic mass is 10.1. The van der Waals surface area contributed by atoms with Gasteiger partial charge in [0.05, 0.1) is 10.5 Å². The number of amides is 1. The third kappa shape index (κ3) is 3.30. The molecule has 6 nitrogen and oxygen atoms in total. The Hall–Kier alpha value is -1.47. The van der Waals surface area contributed by atoms with Gasteiger partial charge in [0, 0.05) is 18.7 Å². The largest absolute Gasteiger partial charge is 0.348 e. The van der Waals surface area contributed by atoms with Crippen LogP contribution in [0.1, 0.15) is 23.2 Å². The van der Waals surface area contributed by atoms with Gasteiger partial charge < -0.3 is 10.6 Å². The highest BCUT2D eigenvalue weighted by molar-refractivity contribution is 9.10. The zero-order valence-corrected chi connectivity index (χ0v) is 11.8. The van der Waals surface area contributed by atoms with Crippen molar-refractivity contribution in [2.45, 2.75) is 18.9 Å². The molecule has 7 heteroatoms. The molecule has 1 heterocycles. The molecule has 1 amide bonds. The topological polar surface area (TPSA) is 84.3 Å². The smallest absolute Gasteiger partial charge is 0.284 e. The fourth-order valence-electron chi connectivity index (χ4n) is 2.07. The van der Waals surface area contributed by atoms with Crippen LogP contribution in [0, 0.1) is 10.1 Å². The SMILES string of the molecule is O=C(NC1CCCNC1)c1cccc([N+](=O)[O-])c1Br. The second-order valence-corrected chi connectivity index (χ2v) is 5.21. The number of benzene rings is 1. The highest BCUT2D eigenvalue weighted by atomic mass is 79.9. The Morgan fingerprint density at radius 1 is 1.53 bits per heavy atom. The van der Waals surface area contributed by atoms with Crippen molar-refractivity contribution in [1.82, 2.24) is 10.6 Å². The van der Waals surface area contributed by atoms with Crippen LogP contribution in [0.5, 0.6) is 0 Å². The maximum atomic E-state index is 12.1. The number of nitro benzene ring substituents is 1. The Kier molecular flexibility index (Phi) is 4.49. The maximum absolute atomic E-state index is 12.1. The third-order valence-corrected chi connectivity index (χ3v) is 3.89. The molecule has 19 heavy (non-hydrogen) atoms. The highest BCUT2D eigenvalue weighted by Crippen LogP contribution is 2.28. The summed E-state index contributed by atoms with van der Waals surface area (Å²) in [4.78, 5) is 22.4. The molecule has 1 unspecified atom stereocenters. The molecular formula is C12H14BrN3O3. The number of hydrogen-bond acceptors (Lipinski definition) is 4. The molecule has 1 aromatic carbocycles. The van der Waals surface area contributed by atoms with E-state index in [2.05, 4.69) is 26.6 Å². The molecule has 0 aromatic heterocycles. The number of halogens is 1. The first-order valence-corrected chi connectivity index (χ1v) is 6.83. The molecule has 0 spiro atoms. The zero-order valence-electron chi connectivity index (χ0n) is 10.2. The lowest BCUT2D eigenvalue weighted by molar-refractivity contribution is -0.385. The van der Waals surface area contributed by atoms with Gasteiger partial charge >= 0.3 is 0 Å². The van der Waals surface area contributed by atoms with Crippen molar-refractivity contribution in [3.63, 3.8) is 0 Å². The monoisotopic (exact) mass is 327 g/mol. The van der Waals surface area contributed by atoms with E-state index in [1.54, 1.807) is 6.07 Å². The fourth-order valence-corrected chi connectivity index (χ4v) is 2.66. The zero-order chi connectivity index (χ0) is 13.8. The summed E-state index contributed by atoms with van der Waals surface area (Å²) in [6.07, 6.45) is 1.94. The summed E-state index contributed by atoms with van der Waals surface area (Å²) in [6.45, 7) is 1.70. The Morgan fingerprint density at radius 2 is 2.32 bits per heavy atom. The van der Waals surface area contributed by atoms with E-state index >= 15 is 0 Å². The first-order valence-electron chi connectivity index (χ1n) is 6.04. The Morgan fingerprint density at radius 3 is 2.95 bits per heavy atom. The van der Waals surface area contributed by atoms with Crippen LogP contribution in [-0.2, 0) is 0 Å². The summed E-state index contributed by atoms with van der Waals surface area (Å²) < 4.78 is 0.223. The molecule has 102 valence electrons. The number of nitrogens with zero attached hydrogens (tertiary/aromatic N) is 1. The Labute approximate surface area is 118 Å². The molecule has 1 saturated heterocycles. The highest BCUT2D eigenvalue weighted by Gasteiger charge is 2.22. The first-order chi connectivity index (χ1) is 9.09. The van der Waals surface area contributed by atoms with Gasteiger partial charge in [0.1, 0.15) is 4.47 Å². The summed E-state index contributed by atoms with van der Waals surface area (Å²) >= 11 is 3.13. The quantitative estimate of drug-likeness (QED) is 0.655. The predicted molar refractivity (Wildman–Crippen MR) is 74.2 cm³/mol. The van der Waals surface area contributed by atoms with E-state index in [-0.39, 0.29) is 22.1 Å². The molecule has 0 bridgehead atoms. The van der Waals surface area contributed by atoms with Crippen LogP contribution in [0.25, 0.3) is 0 Å². The summed E-state index contributed by atoms with van der Waals surface area (Å²) in [5, 5.41) is 16.9. The van der Waals surface area contributed by atoms with Gasteiger partial charge in [-0.05, 0) is 41.4 Å². The van der Waals surface area contributed by atoms with Gasteiger partial charge in [0.15, 0.2) is 0 Å². The summed E-state index contributed by atoms with van der Waals surface area (Å²) in [7, 11) is 0. The van der Waals surface area contributed by atoms with Gasteiger partial charge in [-0.15, -0.1) is 0 Å². The van der Waals surface area contributed by atoms with Crippen LogP contribution in [0.2, 0.25) is 0 Å². The minimum absolute atomic E-state index is 0.0763. The fraction of sp³-hybridized carbons (Fsp3) is 0.417. The lowest BCUT2D eigenvalue weighted by Crippen LogP contribution is -2.45. The van der Waals surface area contributed by atoms with Gasteiger partial charge in [-0.1, -0.05) is 6.07 Å². The first kappa shape index (κ1) is 14.0. The molecule has 1 atom stereocenters. The minimum atomic E-state index is -0.511. The van der Waals surface area contributed by atoms with Crippen molar-refractivity contribution in [3.8, 4) is 0 Å². The average Bonchev–Trinajstić information content (AvgIpc) is 2.39. The minimum Gasteiger partial charge on any atom is -0.348 e. The molecule has 0 aliphatic carbocycles. The van der Waals surface area contributed by atoms with E-state index in [0.717, 1.165) is 25.9 Å². The summed E-state index contributed by atoms with van der Waals surface area (Å²) in [5.74, 6) is -0.288. The average molecular weight is 328 g/mol. The van der Waals surface area contributed by atoms with Gasteiger partial charge in [-0.3, -0.25) is 14.9 Å². The van der Waals surface area contributed by atoms with Crippen LogP contribution in [0.15, 0.2) is 22.7 Å². The Balaban J connectivity index is 2.14. The molecule has 0 saturated carbocycles. The van der Waals surface area contributed by atoms with E-state index in [1.807, 2.05) is 0 Å². The Bertz CT molecular complexity index is 501. The molecule has 0 radical (unpaired) electrons. The van der Waals surface area contributed by atoms with E-state index in [9.17, 15) is 14.9 Å². The molecule has 1 aliphatic rings. The number of carbonyl (C=O) groups excluding carboxylic acids is 1. The number of hydrogen-bond donors (Lipinski definition) is 2. The number of carbonyl (C=O) groups is 1. The number of nitrogens with one attached hydrogen (secondary N) is 2. The van der Waals surface area contributed by atoms with E-state index in [1.165, 1.54) is 12.1 Å². The van der Waals surface area contributed by atoms with E-state index in [0.29, 0.717) is 5.56 Å². The van der Waals surface area contributed by atoms with Gasteiger partial charge in [-0.2, -0.15) is 0 Å². The van der Waals surface area contributed by atoms with Crippen LogP contribution in [-0.4, -0.2) is 30.0 Å². The van der Waals surface area contributed by atoms with Gasteiger partial charge in [0.25, 0.3) is 11.6 Å². The van der Waals surface area contributed by atoms with Crippen LogP contribution >= 0.6 is 15.9 Å². The second-order valence-electron chi connectivity index (χ2n) is 4.41. The van der Waals surface area contributed by atoms with Crippen LogP contribution in [0.4, 0.5) is 5.69 Å². The van der Waals surface area contributed by atoms with Crippen LogP contribution < -0.4 is 10.6 Å². The number of nitro groups is 1. The molecule has 1 fully saturated rings. The summed E-state index contributed by atoms with van der Waals surface area (Å²) in [6, 6.07) is 4.52. The number of rotatable bonds is 3. The maximum Gasteiger partial charge on any atom is 0.284 e. The van der Waals surface area contributed by atoms with Crippen molar-refractivity contribution in [2.24, 2.45) is 0 Å². The predicted octanol–water partition coefficient (Wildman–Crippen LogP) is 1.84. The molecule has 2 rings (SSSR count). The van der Waals surface area contributed by atoms with Crippen molar-refractivity contribution >= 4 is 27.5 Å². The lowest BCUT2D eigenvalue weighted by Gasteiger charge is -2.23. The van der Waals surface area contributed by atoms with Crippen molar-refractivity contribution in [1.29, 1.82) is 0 Å². The molecule has 1 aromatic rings. The third-order valence-electron chi connectivity index (χ3n) is 3.05. The summed E-state index contributed by atoms with van der Waals surface area (Å²) in [5.41, 5.74) is 0.189. The van der Waals surface area contributed by atoms with E-state index < -0.39 is 4.92 Å². The number of piperidine rings is 1. The van der Waals surface area contributed by atoms with Gasteiger partial charge in [-0.25, -0.2) is 0 Å². The van der Waals surface area contributed by atoms with Crippen molar-refractivity contribution < 1.29 is 9.72 Å². The normalized spacial score (nSPS) is 18.9.